The molecule has 0 aliphatic carbocycles. The second-order valence-corrected chi connectivity index (χ2v) is 6.62. The molecule has 6 nitrogen and oxygen atoms in total. The third-order valence-electron chi connectivity index (χ3n) is 4.69. The monoisotopic (exact) mass is 371 g/mol. The van der Waals surface area contributed by atoms with Gasteiger partial charge in [-0.3, -0.25) is 19.0 Å². The SMILES string of the molecule is Cc1ccn(-c2ccc(F)cc2)c(=O)c1C(=O)NCCCN1CCCC1=O. The van der Waals surface area contributed by atoms with E-state index in [1.54, 1.807) is 24.1 Å². The van der Waals surface area contributed by atoms with Crippen molar-refractivity contribution in [3.8, 4) is 5.69 Å². The normalized spacial score (nSPS) is 13.9. The van der Waals surface area contributed by atoms with Crippen molar-refractivity contribution < 1.29 is 14.0 Å². The summed E-state index contributed by atoms with van der Waals surface area (Å²) in [5.74, 6) is -0.683. The van der Waals surface area contributed by atoms with Gasteiger partial charge in [0, 0.05) is 37.9 Å². The lowest BCUT2D eigenvalue weighted by molar-refractivity contribution is -0.127. The molecule has 7 heteroatoms. The van der Waals surface area contributed by atoms with Gasteiger partial charge >= 0.3 is 0 Å². The smallest absolute Gasteiger partial charge is 0.268 e. The molecule has 1 aliphatic heterocycles. The van der Waals surface area contributed by atoms with Gasteiger partial charge in [0.15, 0.2) is 0 Å². The maximum absolute atomic E-state index is 13.1. The fourth-order valence-corrected chi connectivity index (χ4v) is 3.21. The Morgan fingerprint density at radius 2 is 1.93 bits per heavy atom. The molecule has 2 aromatic rings. The number of carbonyl (C=O) groups excluding carboxylic acids is 2. The highest BCUT2D eigenvalue weighted by Gasteiger charge is 2.20. The van der Waals surface area contributed by atoms with Gasteiger partial charge in [-0.15, -0.1) is 0 Å². The van der Waals surface area contributed by atoms with Gasteiger partial charge in [-0.05, 0) is 55.7 Å². The number of nitrogens with zero attached hydrogens (tertiary/aromatic N) is 2. The number of hydrogen-bond donors (Lipinski definition) is 1. The average molecular weight is 371 g/mol. The molecule has 142 valence electrons. The van der Waals surface area contributed by atoms with Crippen molar-refractivity contribution in [3.05, 3.63) is 63.8 Å². The van der Waals surface area contributed by atoms with Crippen molar-refractivity contribution in [2.24, 2.45) is 0 Å². The predicted octanol–water partition coefficient (Wildman–Crippen LogP) is 2.03. The van der Waals surface area contributed by atoms with Crippen LogP contribution in [0.5, 0.6) is 0 Å². The van der Waals surface area contributed by atoms with Crippen molar-refractivity contribution in [3.63, 3.8) is 0 Å². The van der Waals surface area contributed by atoms with Crippen LogP contribution in [0, 0.1) is 12.7 Å². The summed E-state index contributed by atoms with van der Waals surface area (Å²) in [6, 6.07) is 7.19. The first-order valence-electron chi connectivity index (χ1n) is 9.01. The zero-order chi connectivity index (χ0) is 19.4. The highest BCUT2D eigenvalue weighted by atomic mass is 19.1. The molecule has 1 fully saturated rings. The van der Waals surface area contributed by atoms with Crippen LogP contribution in [0.2, 0.25) is 0 Å². The maximum Gasteiger partial charge on any atom is 0.268 e. The number of likely N-dealkylation sites (tertiary alicyclic amines) is 1. The summed E-state index contributed by atoms with van der Waals surface area (Å²) in [5.41, 5.74) is 0.682. The number of rotatable bonds is 6. The van der Waals surface area contributed by atoms with Gasteiger partial charge in [0.1, 0.15) is 11.4 Å². The van der Waals surface area contributed by atoms with E-state index < -0.39 is 17.3 Å². The second kappa shape index (κ2) is 8.16. The van der Waals surface area contributed by atoms with Crippen LogP contribution in [-0.4, -0.2) is 40.9 Å². The number of hydrogen-bond acceptors (Lipinski definition) is 3. The standard InChI is InChI=1S/C20H22FN3O3/c1-14-9-13-24(16-7-5-15(21)6-8-16)20(27)18(14)19(26)22-10-3-12-23-11-2-4-17(23)25/h5-9,13H,2-4,10-12H2,1H3,(H,22,26). The lowest BCUT2D eigenvalue weighted by Crippen LogP contribution is -2.35. The molecule has 0 unspecified atom stereocenters. The minimum atomic E-state index is -0.450. The molecule has 0 spiro atoms. The molecule has 0 bridgehead atoms. The lowest BCUT2D eigenvalue weighted by Gasteiger charge is -2.15. The molecule has 1 aromatic carbocycles. The van der Waals surface area contributed by atoms with Crippen LogP contribution in [0.25, 0.3) is 5.69 Å². The van der Waals surface area contributed by atoms with Crippen molar-refractivity contribution >= 4 is 11.8 Å². The highest BCUT2D eigenvalue weighted by molar-refractivity contribution is 5.95. The number of halogens is 1. The van der Waals surface area contributed by atoms with Crippen molar-refractivity contribution in [2.45, 2.75) is 26.2 Å². The molecule has 1 aromatic heterocycles. The van der Waals surface area contributed by atoms with E-state index in [-0.39, 0.29) is 11.5 Å². The van der Waals surface area contributed by atoms with Crippen LogP contribution in [0.3, 0.4) is 0 Å². The predicted molar refractivity (Wildman–Crippen MR) is 99.5 cm³/mol. The van der Waals surface area contributed by atoms with Crippen molar-refractivity contribution in [1.82, 2.24) is 14.8 Å². The number of aryl methyl sites for hydroxylation is 1. The Bertz CT molecular complexity index is 906. The Morgan fingerprint density at radius 1 is 1.19 bits per heavy atom. The molecule has 3 rings (SSSR count). The summed E-state index contributed by atoms with van der Waals surface area (Å²) < 4.78 is 14.4. The Morgan fingerprint density at radius 3 is 2.59 bits per heavy atom. The molecule has 1 saturated heterocycles. The first kappa shape index (κ1) is 18.8. The summed E-state index contributed by atoms with van der Waals surface area (Å²) in [7, 11) is 0. The van der Waals surface area contributed by atoms with Gasteiger partial charge in [0.2, 0.25) is 5.91 Å². The third kappa shape index (κ3) is 4.24. The second-order valence-electron chi connectivity index (χ2n) is 6.62. The highest BCUT2D eigenvalue weighted by Crippen LogP contribution is 2.11. The Hall–Kier alpha value is -2.96. The molecule has 0 radical (unpaired) electrons. The molecule has 0 saturated carbocycles. The molecular weight excluding hydrogens is 349 g/mol. The first-order chi connectivity index (χ1) is 13.0. The fraction of sp³-hybridized carbons (Fsp3) is 0.350. The van der Waals surface area contributed by atoms with Crippen LogP contribution in [0.4, 0.5) is 4.39 Å². The van der Waals surface area contributed by atoms with Crippen LogP contribution in [-0.2, 0) is 4.79 Å². The Kier molecular flexibility index (Phi) is 5.69. The topological polar surface area (TPSA) is 71.4 Å². The zero-order valence-electron chi connectivity index (χ0n) is 15.2. The summed E-state index contributed by atoms with van der Waals surface area (Å²) >= 11 is 0. The Labute approximate surface area is 156 Å². The summed E-state index contributed by atoms with van der Waals surface area (Å²) in [5, 5.41) is 2.76. The van der Waals surface area contributed by atoms with Gasteiger partial charge in [-0.2, -0.15) is 0 Å². The lowest BCUT2D eigenvalue weighted by atomic mass is 10.1. The van der Waals surface area contributed by atoms with Crippen LogP contribution in [0.15, 0.2) is 41.3 Å². The van der Waals surface area contributed by atoms with Gasteiger partial charge < -0.3 is 10.2 Å². The van der Waals surface area contributed by atoms with E-state index in [4.69, 9.17) is 0 Å². The first-order valence-corrected chi connectivity index (χ1v) is 9.01. The number of nitrogens with one attached hydrogen (secondary N) is 1. The summed E-state index contributed by atoms with van der Waals surface area (Å²) in [6.45, 7) is 3.46. The van der Waals surface area contributed by atoms with E-state index in [9.17, 15) is 18.8 Å². The molecule has 27 heavy (non-hydrogen) atoms. The molecule has 2 heterocycles. The molecular formula is C20H22FN3O3. The van der Waals surface area contributed by atoms with Crippen molar-refractivity contribution in [2.75, 3.05) is 19.6 Å². The number of pyridine rings is 1. The molecule has 1 aliphatic rings. The number of aromatic nitrogens is 1. The number of carbonyl (C=O) groups is 2. The van der Waals surface area contributed by atoms with Gasteiger partial charge in [-0.25, -0.2) is 4.39 Å². The quantitative estimate of drug-likeness (QED) is 0.790. The zero-order valence-corrected chi connectivity index (χ0v) is 15.2. The third-order valence-corrected chi connectivity index (χ3v) is 4.69. The van der Waals surface area contributed by atoms with Gasteiger partial charge in [0.25, 0.3) is 11.5 Å². The number of amides is 2. The minimum Gasteiger partial charge on any atom is -0.352 e. The van der Waals surface area contributed by atoms with E-state index in [1.165, 1.54) is 28.8 Å². The van der Waals surface area contributed by atoms with E-state index in [0.717, 1.165) is 13.0 Å². The number of benzene rings is 1. The molecule has 1 N–H and O–H groups in total. The van der Waals surface area contributed by atoms with E-state index in [1.807, 2.05) is 0 Å². The van der Waals surface area contributed by atoms with Crippen LogP contribution in [0.1, 0.15) is 35.2 Å². The molecule has 2 amide bonds. The van der Waals surface area contributed by atoms with Crippen molar-refractivity contribution in [1.29, 1.82) is 0 Å². The maximum atomic E-state index is 13.1. The summed E-state index contributed by atoms with van der Waals surface area (Å²) in [4.78, 5) is 38.6. The van der Waals surface area contributed by atoms with Crippen LogP contribution >= 0.6 is 0 Å². The Balaban J connectivity index is 1.68. The molecule has 0 atom stereocenters. The average Bonchev–Trinajstić information content (AvgIpc) is 3.05. The largest absolute Gasteiger partial charge is 0.352 e. The van der Waals surface area contributed by atoms with E-state index in [0.29, 0.717) is 37.2 Å². The van der Waals surface area contributed by atoms with E-state index in [2.05, 4.69) is 5.32 Å². The minimum absolute atomic E-state index is 0.0686. The van der Waals surface area contributed by atoms with E-state index >= 15 is 0 Å². The fourth-order valence-electron chi connectivity index (χ4n) is 3.21. The summed E-state index contributed by atoms with van der Waals surface area (Å²) in [6.07, 6.45) is 3.69. The van der Waals surface area contributed by atoms with Gasteiger partial charge in [0.05, 0.1) is 0 Å². The van der Waals surface area contributed by atoms with Gasteiger partial charge in [-0.1, -0.05) is 0 Å². The van der Waals surface area contributed by atoms with Crippen LogP contribution < -0.4 is 10.9 Å².